The monoisotopic (exact) mass is 227 g/mol. The van der Waals surface area contributed by atoms with Gasteiger partial charge < -0.3 is 15.3 Å². The Bertz CT molecular complexity index is 216. The van der Waals surface area contributed by atoms with E-state index in [4.69, 9.17) is 0 Å². The molecule has 0 saturated carbocycles. The summed E-state index contributed by atoms with van der Waals surface area (Å²) >= 11 is 0. The molecule has 0 aromatic carbocycles. The minimum Gasteiger partial charge on any atom is -0.392 e. The predicted molar refractivity (Wildman–Crippen MR) is 65.5 cm³/mol. The van der Waals surface area contributed by atoms with Crippen molar-refractivity contribution in [1.29, 1.82) is 0 Å². The van der Waals surface area contributed by atoms with E-state index in [2.05, 4.69) is 29.2 Å². The number of hydrogen-bond acceptors (Lipinski definition) is 4. The molecule has 0 aliphatic carbocycles. The van der Waals surface area contributed by atoms with E-state index in [1.54, 1.807) is 0 Å². The fraction of sp³-hybridized carbons (Fsp3) is 1.00. The van der Waals surface area contributed by atoms with Crippen LogP contribution < -0.4 is 5.32 Å². The van der Waals surface area contributed by atoms with Crippen molar-refractivity contribution in [2.75, 3.05) is 46.8 Å². The first kappa shape index (κ1) is 12.3. The summed E-state index contributed by atoms with van der Waals surface area (Å²) in [6.45, 7) is 5.41. The second-order valence-electron chi connectivity index (χ2n) is 5.62. The highest BCUT2D eigenvalue weighted by molar-refractivity contribution is 4.88. The van der Waals surface area contributed by atoms with Crippen LogP contribution in [0.15, 0.2) is 0 Å². The highest BCUT2D eigenvalue weighted by Crippen LogP contribution is 2.21. The van der Waals surface area contributed by atoms with Crippen molar-refractivity contribution in [2.24, 2.45) is 5.92 Å². The molecule has 2 fully saturated rings. The number of nitrogens with zero attached hydrogens (tertiary/aromatic N) is 2. The third-order valence-electron chi connectivity index (χ3n) is 3.74. The SMILES string of the molecule is CN(C)CC1CC(O)CN1CC1CCNC1. The third-order valence-corrected chi connectivity index (χ3v) is 3.74. The van der Waals surface area contributed by atoms with Crippen LogP contribution in [0.4, 0.5) is 0 Å². The Morgan fingerprint density at radius 2 is 2.25 bits per heavy atom. The number of likely N-dealkylation sites (tertiary alicyclic amines) is 1. The van der Waals surface area contributed by atoms with Crippen LogP contribution >= 0.6 is 0 Å². The van der Waals surface area contributed by atoms with Crippen LogP contribution in [-0.4, -0.2) is 73.9 Å². The molecule has 2 N–H and O–H groups in total. The fourth-order valence-corrected chi connectivity index (χ4v) is 2.99. The van der Waals surface area contributed by atoms with Gasteiger partial charge in [0.1, 0.15) is 0 Å². The highest BCUT2D eigenvalue weighted by Gasteiger charge is 2.32. The molecule has 2 rings (SSSR count). The molecular formula is C12H25N3O. The van der Waals surface area contributed by atoms with Gasteiger partial charge in [-0.1, -0.05) is 0 Å². The topological polar surface area (TPSA) is 38.7 Å². The van der Waals surface area contributed by atoms with E-state index < -0.39 is 0 Å². The molecule has 0 radical (unpaired) electrons. The minimum absolute atomic E-state index is 0.112. The summed E-state index contributed by atoms with van der Waals surface area (Å²) < 4.78 is 0. The van der Waals surface area contributed by atoms with Gasteiger partial charge in [-0.25, -0.2) is 0 Å². The first-order valence-electron chi connectivity index (χ1n) is 6.42. The molecule has 0 spiro atoms. The molecule has 2 saturated heterocycles. The van der Waals surface area contributed by atoms with Crippen LogP contribution in [-0.2, 0) is 0 Å². The summed E-state index contributed by atoms with van der Waals surface area (Å²) in [5.74, 6) is 0.787. The van der Waals surface area contributed by atoms with Crippen molar-refractivity contribution in [2.45, 2.75) is 25.0 Å². The van der Waals surface area contributed by atoms with Crippen LogP contribution in [0, 0.1) is 5.92 Å². The van der Waals surface area contributed by atoms with Crippen molar-refractivity contribution >= 4 is 0 Å². The molecule has 3 unspecified atom stereocenters. The molecule has 4 heteroatoms. The molecule has 0 bridgehead atoms. The average Bonchev–Trinajstić information content (AvgIpc) is 2.77. The Kier molecular flexibility index (Phi) is 4.19. The molecule has 2 aliphatic rings. The largest absolute Gasteiger partial charge is 0.392 e. The Labute approximate surface area is 98.6 Å². The van der Waals surface area contributed by atoms with E-state index in [-0.39, 0.29) is 6.10 Å². The van der Waals surface area contributed by atoms with Crippen LogP contribution in [0.3, 0.4) is 0 Å². The number of aliphatic hydroxyl groups is 1. The Balaban J connectivity index is 1.84. The first-order valence-corrected chi connectivity index (χ1v) is 6.42. The summed E-state index contributed by atoms with van der Waals surface area (Å²) in [7, 11) is 4.22. The lowest BCUT2D eigenvalue weighted by Gasteiger charge is -2.28. The van der Waals surface area contributed by atoms with Gasteiger partial charge in [-0.2, -0.15) is 0 Å². The maximum Gasteiger partial charge on any atom is 0.0682 e. The van der Waals surface area contributed by atoms with Gasteiger partial charge in [0.2, 0.25) is 0 Å². The minimum atomic E-state index is -0.112. The summed E-state index contributed by atoms with van der Waals surface area (Å²) in [4.78, 5) is 4.71. The zero-order valence-electron chi connectivity index (χ0n) is 10.5. The van der Waals surface area contributed by atoms with E-state index in [1.165, 1.54) is 13.0 Å². The lowest BCUT2D eigenvalue weighted by atomic mass is 10.1. The summed E-state index contributed by atoms with van der Waals surface area (Å²) in [5, 5.41) is 13.2. The molecular weight excluding hydrogens is 202 g/mol. The molecule has 0 aromatic rings. The second kappa shape index (κ2) is 5.45. The smallest absolute Gasteiger partial charge is 0.0682 e. The van der Waals surface area contributed by atoms with Gasteiger partial charge in [0, 0.05) is 25.7 Å². The quantitative estimate of drug-likeness (QED) is 0.685. The van der Waals surface area contributed by atoms with Gasteiger partial charge >= 0.3 is 0 Å². The van der Waals surface area contributed by atoms with Crippen LogP contribution in [0.25, 0.3) is 0 Å². The normalized spacial score (nSPS) is 36.4. The molecule has 2 heterocycles. The zero-order valence-corrected chi connectivity index (χ0v) is 10.5. The molecule has 4 nitrogen and oxygen atoms in total. The Morgan fingerprint density at radius 3 is 2.88 bits per heavy atom. The lowest BCUT2D eigenvalue weighted by Crippen LogP contribution is -2.40. The zero-order chi connectivity index (χ0) is 11.5. The van der Waals surface area contributed by atoms with Gasteiger partial charge in [0.05, 0.1) is 6.10 Å². The maximum atomic E-state index is 9.78. The maximum absolute atomic E-state index is 9.78. The molecule has 0 amide bonds. The number of likely N-dealkylation sites (N-methyl/N-ethyl adjacent to an activating group) is 1. The predicted octanol–water partition coefficient (Wildman–Crippen LogP) is -0.407. The molecule has 94 valence electrons. The van der Waals surface area contributed by atoms with Crippen molar-refractivity contribution < 1.29 is 5.11 Å². The second-order valence-corrected chi connectivity index (χ2v) is 5.62. The molecule has 0 aromatic heterocycles. The first-order chi connectivity index (χ1) is 7.65. The number of rotatable bonds is 4. The van der Waals surface area contributed by atoms with E-state index in [9.17, 15) is 5.11 Å². The summed E-state index contributed by atoms with van der Waals surface area (Å²) in [5.41, 5.74) is 0. The summed E-state index contributed by atoms with van der Waals surface area (Å²) in [6, 6.07) is 0.547. The third kappa shape index (κ3) is 3.17. The van der Waals surface area contributed by atoms with Gasteiger partial charge in [0.25, 0.3) is 0 Å². The van der Waals surface area contributed by atoms with Gasteiger partial charge in [-0.05, 0) is 45.9 Å². The van der Waals surface area contributed by atoms with Crippen LogP contribution in [0.5, 0.6) is 0 Å². The van der Waals surface area contributed by atoms with E-state index in [0.29, 0.717) is 6.04 Å². The Morgan fingerprint density at radius 1 is 1.44 bits per heavy atom. The number of β-amino-alcohol motifs (C(OH)–C–C–N with tert-alkyl or cyclic N) is 1. The van der Waals surface area contributed by atoms with Crippen molar-refractivity contribution in [3.05, 3.63) is 0 Å². The van der Waals surface area contributed by atoms with Crippen LogP contribution in [0.2, 0.25) is 0 Å². The van der Waals surface area contributed by atoms with Crippen molar-refractivity contribution in [3.63, 3.8) is 0 Å². The number of nitrogens with one attached hydrogen (secondary N) is 1. The number of aliphatic hydroxyl groups excluding tert-OH is 1. The highest BCUT2D eigenvalue weighted by atomic mass is 16.3. The number of hydrogen-bond donors (Lipinski definition) is 2. The molecule has 16 heavy (non-hydrogen) atoms. The average molecular weight is 227 g/mol. The van der Waals surface area contributed by atoms with Gasteiger partial charge in [-0.3, -0.25) is 4.90 Å². The van der Waals surface area contributed by atoms with E-state index in [1.807, 2.05) is 0 Å². The van der Waals surface area contributed by atoms with Crippen LogP contribution in [0.1, 0.15) is 12.8 Å². The van der Waals surface area contributed by atoms with Crippen molar-refractivity contribution in [1.82, 2.24) is 15.1 Å². The fourth-order valence-electron chi connectivity index (χ4n) is 2.99. The molecule has 3 atom stereocenters. The molecule has 2 aliphatic heterocycles. The van der Waals surface area contributed by atoms with Crippen molar-refractivity contribution in [3.8, 4) is 0 Å². The van der Waals surface area contributed by atoms with Gasteiger partial charge in [-0.15, -0.1) is 0 Å². The van der Waals surface area contributed by atoms with E-state index in [0.717, 1.165) is 38.5 Å². The lowest BCUT2D eigenvalue weighted by molar-refractivity contribution is 0.161. The Hall–Kier alpha value is -0.160. The van der Waals surface area contributed by atoms with Gasteiger partial charge in [0.15, 0.2) is 0 Å². The standard InChI is InChI=1S/C12H25N3O/c1-14(2)8-11-5-12(16)9-15(11)7-10-3-4-13-6-10/h10-13,16H,3-9H2,1-2H3. The summed E-state index contributed by atoms with van der Waals surface area (Å²) in [6.07, 6.45) is 2.12. The van der Waals surface area contributed by atoms with E-state index >= 15 is 0 Å².